The van der Waals surface area contributed by atoms with Crippen molar-refractivity contribution in [2.45, 2.75) is 33.6 Å². The van der Waals surface area contributed by atoms with Crippen molar-refractivity contribution < 1.29 is 9.53 Å². The van der Waals surface area contributed by atoms with Gasteiger partial charge in [-0.3, -0.25) is 4.79 Å². The Kier molecular flexibility index (Phi) is 5.53. The Morgan fingerprint density at radius 3 is 2.55 bits per heavy atom. The first-order valence-electron chi connectivity index (χ1n) is 3.98. The van der Waals surface area contributed by atoms with Crippen molar-refractivity contribution in [3.8, 4) is 0 Å². The number of esters is 1. The van der Waals surface area contributed by atoms with Crippen LogP contribution in [0.3, 0.4) is 0 Å². The van der Waals surface area contributed by atoms with Crippen LogP contribution < -0.4 is 0 Å². The second-order valence-electron chi connectivity index (χ2n) is 2.48. The lowest BCUT2D eigenvalue weighted by atomic mass is 10.1. The molecule has 0 saturated carbocycles. The molecule has 0 aromatic carbocycles. The molecule has 0 unspecified atom stereocenters. The molecule has 11 heavy (non-hydrogen) atoms. The zero-order valence-corrected chi connectivity index (χ0v) is 7.52. The molecule has 2 heteroatoms. The summed E-state index contributed by atoms with van der Waals surface area (Å²) in [4.78, 5) is 10.4. The minimum Gasteiger partial charge on any atom is -0.461 e. The minimum absolute atomic E-state index is 0.208. The van der Waals surface area contributed by atoms with Gasteiger partial charge >= 0.3 is 5.97 Å². The normalized spacial score (nSPS) is 11.4. The highest BCUT2D eigenvalue weighted by atomic mass is 16.5. The standard InChI is InChI=1S/C9H16O2/c1-4-6-9(5-2)7-11-8(3)10/h5H,4,6-7H2,1-3H3/b9-5+. The summed E-state index contributed by atoms with van der Waals surface area (Å²) in [7, 11) is 0. The van der Waals surface area contributed by atoms with Crippen molar-refractivity contribution in [1.82, 2.24) is 0 Å². The smallest absolute Gasteiger partial charge is 0.302 e. The number of rotatable bonds is 4. The molecule has 0 fully saturated rings. The summed E-state index contributed by atoms with van der Waals surface area (Å²) >= 11 is 0. The lowest BCUT2D eigenvalue weighted by Crippen LogP contribution is -2.02. The highest BCUT2D eigenvalue weighted by Crippen LogP contribution is 2.04. The van der Waals surface area contributed by atoms with Gasteiger partial charge in [-0.25, -0.2) is 0 Å². The van der Waals surface area contributed by atoms with Gasteiger partial charge in [-0.2, -0.15) is 0 Å². The Labute approximate surface area is 68.2 Å². The lowest BCUT2D eigenvalue weighted by Gasteiger charge is -2.04. The zero-order valence-electron chi connectivity index (χ0n) is 7.52. The summed E-state index contributed by atoms with van der Waals surface area (Å²) in [5.74, 6) is -0.208. The van der Waals surface area contributed by atoms with Crippen LogP contribution in [0, 0.1) is 0 Å². The summed E-state index contributed by atoms with van der Waals surface area (Å²) in [6.07, 6.45) is 4.12. The summed E-state index contributed by atoms with van der Waals surface area (Å²) in [6.45, 7) is 5.96. The first kappa shape index (κ1) is 10.2. The minimum atomic E-state index is -0.208. The molecule has 0 bridgehead atoms. The van der Waals surface area contributed by atoms with E-state index in [0.29, 0.717) is 6.61 Å². The van der Waals surface area contributed by atoms with Gasteiger partial charge in [-0.05, 0) is 18.9 Å². The molecule has 0 aliphatic heterocycles. The topological polar surface area (TPSA) is 26.3 Å². The summed E-state index contributed by atoms with van der Waals surface area (Å²) < 4.78 is 4.84. The fraction of sp³-hybridized carbons (Fsp3) is 0.667. The average Bonchev–Trinajstić information content (AvgIpc) is 1.97. The number of ether oxygens (including phenoxy) is 1. The van der Waals surface area contributed by atoms with E-state index in [1.165, 1.54) is 12.5 Å². The second-order valence-corrected chi connectivity index (χ2v) is 2.48. The van der Waals surface area contributed by atoms with Gasteiger partial charge in [-0.1, -0.05) is 19.4 Å². The van der Waals surface area contributed by atoms with Gasteiger partial charge in [0, 0.05) is 6.92 Å². The molecule has 0 saturated heterocycles. The number of allylic oxidation sites excluding steroid dienone is 1. The van der Waals surface area contributed by atoms with E-state index >= 15 is 0 Å². The van der Waals surface area contributed by atoms with E-state index in [2.05, 4.69) is 6.92 Å². The molecule has 0 amide bonds. The predicted octanol–water partition coefficient (Wildman–Crippen LogP) is 2.30. The Hall–Kier alpha value is -0.790. The van der Waals surface area contributed by atoms with Crippen LogP contribution in [0.2, 0.25) is 0 Å². The largest absolute Gasteiger partial charge is 0.461 e. The van der Waals surface area contributed by atoms with E-state index in [9.17, 15) is 4.79 Å². The monoisotopic (exact) mass is 156 g/mol. The number of carbonyl (C=O) groups is 1. The van der Waals surface area contributed by atoms with Crippen molar-refractivity contribution in [3.05, 3.63) is 11.6 Å². The Bertz CT molecular complexity index is 148. The van der Waals surface area contributed by atoms with Crippen LogP contribution in [0.15, 0.2) is 11.6 Å². The van der Waals surface area contributed by atoms with Crippen LogP contribution in [-0.2, 0) is 9.53 Å². The van der Waals surface area contributed by atoms with Gasteiger partial charge < -0.3 is 4.74 Å². The van der Waals surface area contributed by atoms with Crippen molar-refractivity contribution in [2.75, 3.05) is 6.61 Å². The van der Waals surface area contributed by atoms with E-state index in [4.69, 9.17) is 4.74 Å². The maximum atomic E-state index is 10.4. The quantitative estimate of drug-likeness (QED) is 0.461. The molecule has 0 rings (SSSR count). The molecule has 2 nitrogen and oxygen atoms in total. The van der Waals surface area contributed by atoms with Crippen LogP contribution in [0.5, 0.6) is 0 Å². The first-order chi connectivity index (χ1) is 5.20. The van der Waals surface area contributed by atoms with E-state index in [-0.39, 0.29) is 5.97 Å². The van der Waals surface area contributed by atoms with Crippen LogP contribution >= 0.6 is 0 Å². The van der Waals surface area contributed by atoms with Gasteiger partial charge in [-0.15, -0.1) is 0 Å². The fourth-order valence-corrected chi connectivity index (χ4v) is 0.815. The van der Waals surface area contributed by atoms with E-state index in [1.807, 2.05) is 13.0 Å². The summed E-state index contributed by atoms with van der Waals surface area (Å²) in [5, 5.41) is 0. The van der Waals surface area contributed by atoms with Crippen LogP contribution in [0.25, 0.3) is 0 Å². The Balaban J connectivity index is 3.62. The van der Waals surface area contributed by atoms with E-state index in [1.54, 1.807) is 0 Å². The molecule has 0 aromatic rings. The molecule has 0 atom stereocenters. The van der Waals surface area contributed by atoms with Crippen molar-refractivity contribution >= 4 is 5.97 Å². The summed E-state index contributed by atoms with van der Waals surface area (Å²) in [6, 6.07) is 0. The van der Waals surface area contributed by atoms with Gasteiger partial charge in [0.05, 0.1) is 0 Å². The average molecular weight is 156 g/mol. The van der Waals surface area contributed by atoms with Crippen LogP contribution in [0.4, 0.5) is 0 Å². The molecule has 0 aliphatic rings. The molecular weight excluding hydrogens is 140 g/mol. The number of hydrogen-bond acceptors (Lipinski definition) is 2. The zero-order chi connectivity index (χ0) is 8.69. The number of hydrogen-bond donors (Lipinski definition) is 0. The van der Waals surface area contributed by atoms with Crippen molar-refractivity contribution in [3.63, 3.8) is 0 Å². The Morgan fingerprint density at radius 1 is 1.55 bits per heavy atom. The van der Waals surface area contributed by atoms with Crippen molar-refractivity contribution in [1.29, 1.82) is 0 Å². The third kappa shape index (κ3) is 5.64. The van der Waals surface area contributed by atoms with Crippen LogP contribution in [-0.4, -0.2) is 12.6 Å². The molecule has 0 heterocycles. The fourth-order valence-electron chi connectivity index (χ4n) is 0.815. The Morgan fingerprint density at radius 2 is 2.18 bits per heavy atom. The predicted molar refractivity (Wildman–Crippen MR) is 45.3 cm³/mol. The van der Waals surface area contributed by atoms with E-state index < -0.39 is 0 Å². The van der Waals surface area contributed by atoms with Crippen molar-refractivity contribution in [2.24, 2.45) is 0 Å². The van der Waals surface area contributed by atoms with Gasteiger partial charge in [0.15, 0.2) is 0 Å². The first-order valence-corrected chi connectivity index (χ1v) is 3.98. The second kappa shape index (κ2) is 5.96. The van der Waals surface area contributed by atoms with Gasteiger partial charge in [0.25, 0.3) is 0 Å². The molecular formula is C9H16O2. The third-order valence-corrected chi connectivity index (χ3v) is 1.44. The maximum absolute atomic E-state index is 10.4. The van der Waals surface area contributed by atoms with Gasteiger partial charge in [0.2, 0.25) is 0 Å². The molecule has 0 N–H and O–H groups in total. The maximum Gasteiger partial charge on any atom is 0.302 e. The van der Waals surface area contributed by atoms with Gasteiger partial charge in [0.1, 0.15) is 6.61 Å². The summed E-state index contributed by atoms with van der Waals surface area (Å²) in [5.41, 5.74) is 1.20. The SMILES string of the molecule is C/C=C(\CCC)COC(C)=O. The van der Waals surface area contributed by atoms with Crippen LogP contribution in [0.1, 0.15) is 33.6 Å². The third-order valence-electron chi connectivity index (χ3n) is 1.44. The highest BCUT2D eigenvalue weighted by Gasteiger charge is 1.96. The molecule has 0 aromatic heterocycles. The molecule has 0 aliphatic carbocycles. The molecule has 0 radical (unpaired) electrons. The lowest BCUT2D eigenvalue weighted by molar-refractivity contribution is -0.140. The molecule has 0 spiro atoms. The van der Waals surface area contributed by atoms with E-state index in [0.717, 1.165) is 12.8 Å². The molecule has 64 valence electrons. The number of carbonyl (C=O) groups excluding carboxylic acids is 1. The highest BCUT2D eigenvalue weighted by molar-refractivity contribution is 5.66.